The number of imidazole rings is 1. The van der Waals surface area contributed by atoms with Gasteiger partial charge < -0.3 is 10.6 Å². The van der Waals surface area contributed by atoms with Gasteiger partial charge in [-0.2, -0.15) is 18.3 Å². The number of hydrogen-bond donors (Lipinski definition) is 2. The number of carbonyl (C=O) groups is 2. The minimum absolute atomic E-state index is 0.0294. The molecule has 2 fully saturated rings. The number of nitrogens with zero attached hydrogens (tertiary/aromatic N) is 9. The van der Waals surface area contributed by atoms with E-state index in [-0.39, 0.29) is 37.1 Å². The van der Waals surface area contributed by atoms with Gasteiger partial charge in [-0.15, -0.1) is 5.10 Å². The molecule has 46 heavy (non-hydrogen) atoms. The molecule has 6 rings (SSSR count). The number of fused-ring (bicyclic) bond motifs is 1. The molecular weight excluding hydrogens is 635 g/mol. The molecule has 0 bridgehead atoms. The number of rotatable bonds is 9. The number of alkyl halides is 7. The number of nitrogens with one attached hydrogen (secondary N) is 2. The molecule has 14 nitrogen and oxygen atoms in total. The number of amides is 2. The lowest BCUT2D eigenvalue weighted by atomic mass is 9.79. The maximum Gasteiger partial charge on any atom is 0.408 e. The maximum atomic E-state index is 14.0. The highest BCUT2D eigenvalue weighted by Gasteiger charge is 2.56. The van der Waals surface area contributed by atoms with Gasteiger partial charge in [0.15, 0.2) is 11.3 Å². The fourth-order valence-electron chi connectivity index (χ4n) is 6.06. The average Bonchev–Trinajstić information content (AvgIpc) is 3.79. The Labute approximate surface area is 253 Å². The highest BCUT2D eigenvalue weighted by molar-refractivity contribution is 5.93. The Hall–Kier alpha value is -4.72. The van der Waals surface area contributed by atoms with E-state index in [4.69, 9.17) is 0 Å². The van der Waals surface area contributed by atoms with Crippen LogP contribution in [0.3, 0.4) is 0 Å². The molecule has 0 radical (unpaired) electrons. The summed E-state index contributed by atoms with van der Waals surface area (Å²) in [6.07, 6.45) is -5.76. The predicted octanol–water partition coefficient (Wildman–Crippen LogP) is 3.01. The summed E-state index contributed by atoms with van der Waals surface area (Å²) in [6.45, 7) is -0.263. The quantitative estimate of drug-likeness (QED) is 0.255. The molecule has 3 atom stereocenters. The van der Waals surface area contributed by atoms with Crippen LogP contribution in [0.25, 0.3) is 5.65 Å². The van der Waals surface area contributed by atoms with Crippen molar-refractivity contribution >= 4 is 17.5 Å². The molecule has 0 unspecified atom stereocenters. The monoisotopic (exact) mass is 659 g/mol. The molecule has 0 spiro atoms. The summed E-state index contributed by atoms with van der Waals surface area (Å²) < 4.78 is 102. The van der Waals surface area contributed by atoms with E-state index in [1.165, 1.54) is 29.3 Å². The van der Waals surface area contributed by atoms with Crippen LogP contribution in [0.15, 0.2) is 29.4 Å². The molecule has 5 heterocycles. The number of halogens is 7. The van der Waals surface area contributed by atoms with Crippen LogP contribution in [0.2, 0.25) is 0 Å². The first-order valence-electron chi connectivity index (χ1n) is 13.9. The Balaban J connectivity index is 1.31. The zero-order chi connectivity index (χ0) is 32.9. The van der Waals surface area contributed by atoms with E-state index < -0.39 is 84.4 Å². The van der Waals surface area contributed by atoms with Crippen molar-refractivity contribution in [3.8, 4) is 0 Å². The van der Waals surface area contributed by atoms with Crippen molar-refractivity contribution in [3.05, 3.63) is 47.4 Å². The molecule has 2 aliphatic rings. The fraction of sp³-hybridized carbons (Fsp3) is 0.560. The highest BCUT2D eigenvalue weighted by atomic mass is 19.4. The molecule has 1 aliphatic carbocycles. The summed E-state index contributed by atoms with van der Waals surface area (Å²) >= 11 is 0. The van der Waals surface area contributed by atoms with Gasteiger partial charge in [-0.1, -0.05) is 0 Å². The second-order valence-electron chi connectivity index (χ2n) is 11.5. The second kappa shape index (κ2) is 11.6. The van der Waals surface area contributed by atoms with Gasteiger partial charge in [0.1, 0.15) is 12.4 Å². The van der Waals surface area contributed by atoms with Crippen LogP contribution in [-0.2, 0) is 17.8 Å². The van der Waals surface area contributed by atoms with E-state index in [1.807, 2.05) is 5.32 Å². The third-order valence-corrected chi connectivity index (χ3v) is 8.35. The van der Waals surface area contributed by atoms with Crippen molar-refractivity contribution in [3.63, 3.8) is 0 Å². The third-order valence-electron chi connectivity index (χ3n) is 8.35. The SMILES string of the molecule is O=C(N[C@H](c1cn2ncc(C[C@@]3(Cn4cnnn4)C[C@@H](C(F)(F)F)NC3=O)cc2n1)C1CCC(F)(F)CC1)c1nonc1C(F)F. The average molecular weight is 660 g/mol. The smallest absolute Gasteiger partial charge is 0.344 e. The summed E-state index contributed by atoms with van der Waals surface area (Å²) in [4.78, 5) is 30.5. The summed E-state index contributed by atoms with van der Waals surface area (Å²) in [7, 11) is 0. The molecule has 1 aliphatic heterocycles. The van der Waals surface area contributed by atoms with Crippen molar-refractivity contribution in [1.29, 1.82) is 0 Å². The van der Waals surface area contributed by atoms with Gasteiger partial charge in [-0.25, -0.2) is 36.4 Å². The number of tetrazole rings is 1. The fourth-order valence-corrected chi connectivity index (χ4v) is 6.06. The van der Waals surface area contributed by atoms with Crippen LogP contribution in [0.1, 0.15) is 72.0 Å². The Kier molecular flexibility index (Phi) is 7.87. The first-order valence-corrected chi connectivity index (χ1v) is 13.9. The zero-order valence-electron chi connectivity index (χ0n) is 23.5. The Bertz CT molecular complexity index is 1720. The van der Waals surface area contributed by atoms with Crippen molar-refractivity contribution in [2.45, 2.75) is 75.7 Å². The Morgan fingerprint density at radius 1 is 1.20 bits per heavy atom. The molecular formula is C25H24F7N11O3. The molecule has 21 heteroatoms. The molecule has 2 amide bonds. The van der Waals surface area contributed by atoms with Gasteiger partial charge in [-0.3, -0.25) is 9.59 Å². The summed E-state index contributed by atoms with van der Waals surface area (Å²) in [5.74, 6) is -5.42. The number of hydrogen-bond acceptors (Lipinski definition) is 10. The second-order valence-corrected chi connectivity index (χ2v) is 11.5. The van der Waals surface area contributed by atoms with Crippen molar-refractivity contribution in [2.24, 2.45) is 11.3 Å². The van der Waals surface area contributed by atoms with Crippen LogP contribution in [-0.4, -0.2) is 75.1 Å². The lowest BCUT2D eigenvalue weighted by molar-refractivity contribution is -0.155. The van der Waals surface area contributed by atoms with Crippen LogP contribution < -0.4 is 10.6 Å². The van der Waals surface area contributed by atoms with Crippen LogP contribution >= 0.6 is 0 Å². The standard InChI is InChI=1S/C25H24F7N11O3/c26-20(27)18-19(39-46-38-18)21(44)37-17(13-1-3-24(28,29)4-2-13)14-9-43-16(35-14)5-12(8-34-43)6-23(10-42-11-33-40-41-42)7-15(25(30,31)32)36-22(23)45/h5,8-9,11,13,15,17,20H,1-4,6-7,10H2,(H,36,45)(H,37,44)/t15-,17-,23-/m0/s1. The topological polar surface area (TPSA) is 171 Å². The number of carbonyl (C=O) groups excluding carboxylic acids is 2. The molecule has 4 aromatic rings. The van der Waals surface area contributed by atoms with Crippen LogP contribution in [0.5, 0.6) is 0 Å². The molecule has 0 aromatic carbocycles. The summed E-state index contributed by atoms with van der Waals surface area (Å²) in [5.41, 5.74) is -2.72. The molecule has 246 valence electrons. The van der Waals surface area contributed by atoms with E-state index in [9.17, 15) is 40.3 Å². The van der Waals surface area contributed by atoms with Crippen LogP contribution in [0.4, 0.5) is 30.7 Å². The van der Waals surface area contributed by atoms with E-state index in [2.05, 4.69) is 45.9 Å². The summed E-state index contributed by atoms with van der Waals surface area (Å²) in [6, 6.07) is -1.66. The van der Waals surface area contributed by atoms with Gasteiger partial charge in [0, 0.05) is 12.8 Å². The van der Waals surface area contributed by atoms with Gasteiger partial charge in [0.2, 0.25) is 17.5 Å². The molecule has 2 N–H and O–H groups in total. The normalized spacial score (nSPS) is 22.8. The Morgan fingerprint density at radius 3 is 2.61 bits per heavy atom. The summed E-state index contributed by atoms with van der Waals surface area (Å²) in [5, 5.41) is 25.8. The maximum absolute atomic E-state index is 14.0. The molecule has 4 aromatic heterocycles. The van der Waals surface area contributed by atoms with Crippen molar-refractivity contribution < 1.29 is 45.0 Å². The van der Waals surface area contributed by atoms with Crippen molar-refractivity contribution in [2.75, 3.05) is 0 Å². The lowest BCUT2D eigenvalue weighted by Gasteiger charge is -2.33. The number of aromatic nitrogens is 9. The van der Waals surface area contributed by atoms with E-state index in [1.54, 1.807) is 0 Å². The minimum Gasteiger partial charge on any atom is -0.344 e. The minimum atomic E-state index is -4.70. The highest BCUT2D eigenvalue weighted by Crippen LogP contribution is 2.43. The largest absolute Gasteiger partial charge is 0.408 e. The van der Waals surface area contributed by atoms with Gasteiger partial charge in [-0.05, 0) is 64.0 Å². The van der Waals surface area contributed by atoms with Gasteiger partial charge in [0.25, 0.3) is 12.3 Å². The van der Waals surface area contributed by atoms with Gasteiger partial charge in [0.05, 0.1) is 36.1 Å². The van der Waals surface area contributed by atoms with Crippen molar-refractivity contribution in [1.82, 2.24) is 55.8 Å². The first kappa shape index (κ1) is 31.3. The molecule has 1 saturated carbocycles. The zero-order valence-corrected chi connectivity index (χ0v) is 23.5. The van der Waals surface area contributed by atoms with Gasteiger partial charge >= 0.3 is 6.18 Å². The van der Waals surface area contributed by atoms with Crippen LogP contribution in [0, 0.1) is 11.3 Å². The van der Waals surface area contributed by atoms with E-state index in [0.29, 0.717) is 5.56 Å². The van der Waals surface area contributed by atoms with E-state index >= 15 is 0 Å². The lowest BCUT2D eigenvalue weighted by Crippen LogP contribution is -2.40. The predicted molar refractivity (Wildman–Crippen MR) is 136 cm³/mol. The first-order chi connectivity index (χ1) is 21.7. The Morgan fingerprint density at radius 2 is 1.96 bits per heavy atom. The third kappa shape index (κ3) is 6.21. The molecule has 1 saturated heterocycles. The van der Waals surface area contributed by atoms with E-state index in [0.717, 1.165) is 4.68 Å².